The predicted molar refractivity (Wildman–Crippen MR) is 95.3 cm³/mol. The fourth-order valence-electron chi connectivity index (χ4n) is 2.85. The summed E-state index contributed by atoms with van der Waals surface area (Å²) in [5.41, 5.74) is 2.00. The maximum Gasteiger partial charge on any atom is 0.253 e. The molecule has 1 aromatic rings. The number of β-amino-alcohol motifs (C(OH)–C–C–N with tert-alkyl or cyclic N) is 1. The van der Waals surface area contributed by atoms with Crippen LogP contribution < -0.4 is 0 Å². The molecule has 0 radical (unpaired) electrons. The molecule has 1 aliphatic heterocycles. The normalized spacial score (nSPS) is 17.3. The molecular weight excluding hydrogens is 304 g/mol. The Labute approximate surface area is 145 Å². The van der Waals surface area contributed by atoms with Crippen LogP contribution in [0.1, 0.15) is 36.7 Å². The third kappa shape index (κ3) is 5.58. The number of carbonyl (C=O) groups is 1. The standard InChI is InChI=1S/C19H30N2O3/c1-4-16-5-7-17(8-6-16)19(23)21-11-9-20(10-12-21)13-18(22)14-24-15(2)3/h5-8,15,18,22H,4,9-14H2,1-3H3. The van der Waals surface area contributed by atoms with E-state index in [-0.39, 0.29) is 12.0 Å². The van der Waals surface area contributed by atoms with Crippen LogP contribution in [0.4, 0.5) is 0 Å². The van der Waals surface area contributed by atoms with Crippen molar-refractivity contribution in [3.05, 3.63) is 35.4 Å². The first kappa shape index (κ1) is 18.9. The Morgan fingerprint density at radius 3 is 2.33 bits per heavy atom. The number of hydrogen-bond donors (Lipinski definition) is 1. The Morgan fingerprint density at radius 2 is 1.79 bits per heavy atom. The molecule has 0 spiro atoms. The average molecular weight is 334 g/mol. The van der Waals surface area contributed by atoms with Gasteiger partial charge in [0.2, 0.25) is 0 Å². The molecule has 0 aliphatic carbocycles. The molecule has 5 nitrogen and oxygen atoms in total. The lowest BCUT2D eigenvalue weighted by Crippen LogP contribution is -2.50. The van der Waals surface area contributed by atoms with Crippen LogP contribution in [0.15, 0.2) is 24.3 Å². The summed E-state index contributed by atoms with van der Waals surface area (Å²) >= 11 is 0. The number of aliphatic hydroxyl groups is 1. The van der Waals surface area contributed by atoms with E-state index in [9.17, 15) is 9.90 Å². The number of hydrogen-bond acceptors (Lipinski definition) is 4. The van der Waals surface area contributed by atoms with E-state index in [2.05, 4.69) is 11.8 Å². The van der Waals surface area contributed by atoms with Crippen LogP contribution in [-0.4, -0.2) is 72.4 Å². The number of nitrogens with zero attached hydrogens (tertiary/aromatic N) is 2. The fourth-order valence-corrected chi connectivity index (χ4v) is 2.85. The first-order valence-corrected chi connectivity index (χ1v) is 8.89. The van der Waals surface area contributed by atoms with Gasteiger partial charge in [0.15, 0.2) is 0 Å². The van der Waals surface area contributed by atoms with Crippen molar-refractivity contribution in [1.82, 2.24) is 9.80 Å². The molecule has 1 fully saturated rings. The first-order valence-electron chi connectivity index (χ1n) is 8.89. The van der Waals surface area contributed by atoms with Gasteiger partial charge in [-0.2, -0.15) is 0 Å². The highest BCUT2D eigenvalue weighted by Gasteiger charge is 2.23. The number of amides is 1. The minimum absolute atomic E-state index is 0.0981. The van der Waals surface area contributed by atoms with E-state index in [0.717, 1.165) is 25.1 Å². The van der Waals surface area contributed by atoms with Crippen molar-refractivity contribution in [1.29, 1.82) is 0 Å². The summed E-state index contributed by atoms with van der Waals surface area (Å²) in [6, 6.07) is 7.88. The Bertz CT molecular complexity index is 508. The van der Waals surface area contributed by atoms with Crippen molar-refractivity contribution in [3.63, 3.8) is 0 Å². The molecule has 1 N–H and O–H groups in total. The van der Waals surface area contributed by atoms with Crippen LogP contribution in [-0.2, 0) is 11.2 Å². The van der Waals surface area contributed by atoms with Crippen molar-refractivity contribution in [2.45, 2.75) is 39.4 Å². The van der Waals surface area contributed by atoms with Gasteiger partial charge in [-0.1, -0.05) is 19.1 Å². The van der Waals surface area contributed by atoms with Gasteiger partial charge in [-0.25, -0.2) is 0 Å². The van der Waals surface area contributed by atoms with Gasteiger partial charge in [0.05, 0.1) is 18.8 Å². The van der Waals surface area contributed by atoms with E-state index < -0.39 is 6.10 Å². The highest BCUT2D eigenvalue weighted by atomic mass is 16.5. The zero-order valence-corrected chi connectivity index (χ0v) is 15.1. The van der Waals surface area contributed by atoms with Crippen LogP contribution in [0.5, 0.6) is 0 Å². The Morgan fingerprint density at radius 1 is 1.17 bits per heavy atom. The molecule has 1 saturated heterocycles. The molecule has 1 unspecified atom stereocenters. The second-order valence-corrected chi connectivity index (χ2v) is 6.68. The Balaban J connectivity index is 1.78. The number of rotatable bonds is 7. The van der Waals surface area contributed by atoms with E-state index in [4.69, 9.17) is 4.74 Å². The molecule has 2 rings (SSSR count). The summed E-state index contributed by atoms with van der Waals surface area (Å²) in [6.07, 6.45) is 0.639. The van der Waals surface area contributed by atoms with Gasteiger partial charge in [-0.15, -0.1) is 0 Å². The monoisotopic (exact) mass is 334 g/mol. The zero-order valence-electron chi connectivity index (χ0n) is 15.1. The molecule has 5 heteroatoms. The Kier molecular flexibility index (Phi) is 7.21. The van der Waals surface area contributed by atoms with Crippen LogP contribution >= 0.6 is 0 Å². The van der Waals surface area contributed by atoms with Gasteiger partial charge in [-0.3, -0.25) is 9.69 Å². The molecule has 134 valence electrons. The van der Waals surface area contributed by atoms with Gasteiger partial charge in [0.1, 0.15) is 0 Å². The third-order valence-corrected chi connectivity index (χ3v) is 4.36. The zero-order chi connectivity index (χ0) is 17.5. The second-order valence-electron chi connectivity index (χ2n) is 6.68. The lowest BCUT2D eigenvalue weighted by Gasteiger charge is -2.35. The number of carbonyl (C=O) groups excluding carboxylic acids is 1. The number of benzene rings is 1. The molecule has 1 aromatic carbocycles. The molecule has 1 aliphatic rings. The summed E-state index contributed by atoms with van der Waals surface area (Å²) in [5, 5.41) is 10.0. The van der Waals surface area contributed by atoms with E-state index in [0.29, 0.717) is 26.2 Å². The van der Waals surface area contributed by atoms with Crippen molar-refractivity contribution >= 4 is 5.91 Å². The van der Waals surface area contributed by atoms with Gasteiger partial charge >= 0.3 is 0 Å². The van der Waals surface area contributed by atoms with Gasteiger partial charge in [-0.05, 0) is 38.0 Å². The molecule has 0 aromatic heterocycles. The van der Waals surface area contributed by atoms with Crippen LogP contribution in [0.3, 0.4) is 0 Å². The van der Waals surface area contributed by atoms with E-state index in [1.165, 1.54) is 5.56 Å². The van der Waals surface area contributed by atoms with Gasteiger partial charge in [0, 0.05) is 38.3 Å². The Hall–Kier alpha value is -1.43. The number of aryl methyl sites for hydroxylation is 1. The summed E-state index contributed by atoms with van der Waals surface area (Å²) in [7, 11) is 0. The van der Waals surface area contributed by atoms with Crippen LogP contribution in [0.2, 0.25) is 0 Å². The minimum Gasteiger partial charge on any atom is -0.389 e. The molecular formula is C19H30N2O3. The third-order valence-electron chi connectivity index (χ3n) is 4.36. The summed E-state index contributed by atoms with van der Waals surface area (Å²) in [5.74, 6) is 0.0981. The highest BCUT2D eigenvalue weighted by Crippen LogP contribution is 2.11. The topological polar surface area (TPSA) is 53.0 Å². The largest absolute Gasteiger partial charge is 0.389 e. The smallest absolute Gasteiger partial charge is 0.253 e. The molecule has 1 heterocycles. The van der Waals surface area contributed by atoms with Gasteiger partial charge < -0.3 is 14.7 Å². The second kappa shape index (κ2) is 9.16. The maximum absolute atomic E-state index is 12.5. The quantitative estimate of drug-likeness (QED) is 0.826. The lowest BCUT2D eigenvalue weighted by atomic mass is 10.1. The molecule has 1 amide bonds. The van der Waals surface area contributed by atoms with E-state index in [1.807, 2.05) is 43.0 Å². The number of aliphatic hydroxyl groups excluding tert-OH is 1. The van der Waals surface area contributed by atoms with Crippen molar-refractivity contribution in [3.8, 4) is 0 Å². The van der Waals surface area contributed by atoms with E-state index in [1.54, 1.807) is 0 Å². The summed E-state index contributed by atoms with van der Waals surface area (Å²) in [6.45, 7) is 9.97. The summed E-state index contributed by atoms with van der Waals surface area (Å²) < 4.78 is 5.44. The van der Waals surface area contributed by atoms with Crippen molar-refractivity contribution in [2.75, 3.05) is 39.3 Å². The lowest BCUT2D eigenvalue weighted by molar-refractivity contribution is -0.0137. The first-order chi connectivity index (χ1) is 11.5. The van der Waals surface area contributed by atoms with E-state index >= 15 is 0 Å². The maximum atomic E-state index is 12.5. The predicted octanol–water partition coefficient (Wildman–Crippen LogP) is 1.79. The average Bonchev–Trinajstić information content (AvgIpc) is 2.60. The minimum atomic E-state index is -0.476. The molecule has 0 bridgehead atoms. The molecule has 24 heavy (non-hydrogen) atoms. The van der Waals surface area contributed by atoms with Crippen molar-refractivity contribution < 1.29 is 14.6 Å². The summed E-state index contributed by atoms with van der Waals surface area (Å²) in [4.78, 5) is 16.6. The van der Waals surface area contributed by atoms with Crippen LogP contribution in [0.25, 0.3) is 0 Å². The molecule has 0 saturated carbocycles. The van der Waals surface area contributed by atoms with Crippen LogP contribution in [0, 0.1) is 0 Å². The highest BCUT2D eigenvalue weighted by molar-refractivity contribution is 5.94. The van der Waals surface area contributed by atoms with Crippen molar-refractivity contribution in [2.24, 2.45) is 0 Å². The fraction of sp³-hybridized carbons (Fsp3) is 0.632. The number of piperazine rings is 1. The molecule has 1 atom stereocenters. The number of ether oxygens (including phenoxy) is 1. The van der Waals surface area contributed by atoms with Gasteiger partial charge in [0.25, 0.3) is 5.91 Å². The SMILES string of the molecule is CCc1ccc(C(=O)N2CCN(CC(O)COC(C)C)CC2)cc1.